The molecular weight excluding hydrogens is 313 g/mol. The summed E-state index contributed by atoms with van der Waals surface area (Å²) in [4.78, 5) is 9.53. The van der Waals surface area contributed by atoms with Gasteiger partial charge in [0.2, 0.25) is 0 Å². The Labute approximate surface area is 138 Å². The summed E-state index contributed by atoms with van der Waals surface area (Å²) in [5, 5.41) is 6.29. The molecule has 1 N–H and O–H groups in total. The fraction of sp³-hybridized carbons (Fsp3) is 0.294. The Kier molecular flexibility index (Phi) is 4.43. The van der Waals surface area contributed by atoms with Crippen molar-refractivity contribution >= 4 is 33.1 Å². The molecule has 0 aliphatic heterocycles. The first-order valence-corrected chi connectivity index (χ1v) is 8.38. The quantitative estimate of drug-likeness (QED) is 0.710. The van der Waals surface area contributed by atoms with Gasteiger partial charge in [0.15, 0.2) is 0 Å². The van der Waals surface area contributed by atoms with Gasteiger partial charge < -0.3 is 10.1 Å². The first-order valence-electron chi connectivity index (χ1n) is 7.50. The number of nitrogens with one attached hydrogen (secondary N) is 1. The SMILES string of the molecule is CCC(C)Oc1cc(F)ccc1Nc1ncnc2scc(C)c12. The van der Waals surface area contributed by atoms with E-state index in [4.69, 9.17) is 4.74 Å². The van der Waals surface area contributed by atoms with Gasteiger partial charge in [-0.15, -0.1) is 11.3 Å². The van der Waals surface area contributed by atoms with Gasteiger partial charge in [0.05, 0.1) is 17.2 Å². The van der Waals surface area contributed by atoms with Crippen molar-refractivity contribution in [1.82, 2.24) is 9.97 Å². The summed E-state index contributed by atoms with van der Waals surface area (Å²) in [5.41, 5.74) is 1.80. The van der Waals surface area contributed by atoms with Gasteiger partial charge in [-0.3, -0.25) is 0 Å². The average molecular weight is 331 g/mol. The number of benzene rings is 1. The molecule has 1 unspecified atom stereocenters. The lowest BCUT2D eigenvalue weighted by molar-refractivity contribution is 0.218. The third-order valence-electron chi connectivity index (χ3n) is 3.65. The van der Waals surface area contributed by atoms with Crippen LogP contribution in [0.25, 0.3) is 10.2 Å². The molecule has 0 aliphatic carbocycles. The molecular formula is C17H18FN3OS. The zero-order valence-electron chi connectivity index (χ0n) is 13.3. The molecule has 3 aromatic rings. The number of aromatic nitrogens is 2. The highest BCUT2D eigenvalue weighted by Gasteiger charge is 2.13. The zero-order valence-corrected chi connectivity index (χ0v) is 14.1. The molecule has 0 bridgehead atoms. The molecule has 0 spiro atoms. The van der Waals surface area contributed by atoms with Gasteiger partial charge in [-0.25, -0.2) is 14.4 Å². The standard InChI is InChI=1S/C17H18FN3OS/c1-4-11(3)22-14-7-12(18)5-6-13(14)21-16-15-10(2)8-23-17(15)20-9-19-16/h5-9,11H,4H2,1-3H3,(H,19,20,21). The molecule has 23 heavy (non-hydrogen) atoms. The number of thiophene rings is 1. The summed E-state index contributed by atoms with van der Waals surface area (Å²) in [6.45, 7) is 6.01. The third-order valence-corrected chi connectivity index (χ3v) is 4.66. The minimum absolute atomic E-state index is 0.00523. The van der Waals surface area contributed by atoms with Crippen LogP contribution < -0.4 is 10.1 Å². The van der Waals surface area contributed by atoms with Gasteiger partial charge in [-0.1, -0.05) is 6.92 Å². The lowest BCUT2D eigenvalue weighted by atomic mass is 10.2. The normalized spacial score (nSPS) is 12.3. The number of ether oxygens (including phenoxy) is 1. The van der Waals surface area contributed by atoms with Crippen LogP contribution in [0.15, 0.2) is 29.9 Å². The van der Waals surface area contributed by atoms with Crippen molar-refractivity contribution in [1.29, 1.82) is 0 Å². The van der Waals surface area contributed by atoms with Crippen molar-refractivity contribution in [2.24, 2.45) is 0 Å². The second-order valence-corrected chi connectivity index (χ2v) is 6.28. The fourth-order valence-electron chi connectivity index (χ4n) is 2.24. The molecule has 0 amide bonds. The lowest BCUT2D eigenvalue weighted by Crippen LogP contribution is -2.11. The summed E-state index contributed by atoms with van der Waals surface area (Å²) in [5.74, 6) is 0.863. The molecule has 120 valence electrons. The van der Waals surface area contributed by atoms with Crippen LogP contribution in [0.4, 0.5) is 15.9 Å². The molecule has 0 aliphatic rings. The summed E-state index contributed by atoms with van der Waals surface area (Å²) in [6.07, 6.45) is 2.38. The van der Waals surface area contributed by atoms with Gasteiger partial charge in [0.1, 0.15) is 28.5 Å². The van der Waals surface area contributed by atoms with E-state index in [0.717, 1.165) is 22.2 Å². The predicted molar refractivity (Wildman–Crippen MR) is 92.2 cm³/mol. The van der Waals surface area contributed by atoms with Crippen LogP contribution in [0, 0.1) is 12.7 Å². The maximum atomic E-state index is 13.6. The molecule has 4 nitrogen and oxygen atoms in total. The van der Waals surface area contributed by atoms with E-state index in [9.17, 15) is 4.39 Å². The number of aryl methyl sites for hydroxylation is 1. The van der Waals surface area contributed by atoms with E-state index in [1.807, 2.05) is 26.2 Å². The Morgan fingerprint density at radius 2 is 2.17 bits per heavy atom. The zero-order chi connectivity index (χ0) is 16.4. The summed E-state index contributed by atoms with van der Waals surface area (Å²) in [6, 6.07) is 4.47. The third kappa shape index (κ3) is 3.27. The minimum atomic E-state index is -0.326. The Morgan fingerprint density at radius 3 is 2.96 bits per heavy atom. The first-order chi connectivity index (χ1) is 11.1. The van der Waals surface area contributed by atoms with E-state index in [0.29, 0.717) is 17.3 Å². The first kappa shape index (κ1) is 15.7. The van der Waals surface area contributed by atoms with Gasteiger partial charge in [0, 0.05) is 6.07 Å². The second kappa shape index (κ2) is 6.50. The smallest absolute Gasteiger partial charge is 0.146 e. The van der Waals surface area contributed by atoms with Gasteiger partial charge in [0.25, 0.3) is 0 Å². The maximum absolute atomic E-state index is 13.6. The van der Waals surface area contributed by atoms with Gasteiger partial charge in [-0.05, 0) is 43.3 Å². The van der Waals surface area contributed by atoms with Crippen molar-refractivity contribution in [3.05, 3.63) is 41.3 Å². The summed E-state index contributed by atoms with van der Waals surface area (Å²) in [7, 11) is 0. The van der Waals surface area contributed by atoms with Gasteiger partial charge >= 0.3 is 0 Å². The second-order valence-electron chi connectivity index (χ2n) is 5.42. The molecule has 6 heteroatoms. The molecule has 2 aromatic heterocycles. The topological polar surface area (TPSA) is 47.0 Å². The molecule has 0 saturated heterocycles. The number of halogens is 1. The lowest BCUT2D eigenvalue weighted by Gasteiger charge is -2.17. The fourth-order valence-corrected chi connectivity index (χ4v) is 3.13. The Balaban J connectivity index is 2.00. The van der Waals surface area contributed by atoms with Crippen LogP contribution in [-0.4, -0.2) is 16.1 Å². The van der Waals surface area contributed by atoms with E-state index < -0.39 is 0 Å². The number of rotatable bonds is 5. The number of nitrogens with zero attached hydrogens (tertiary/aromatic N) is 2. The Hall–Kier alpha value is -2.21. The van der Waals surface area contributed by atoms with Crippen LogP contribution in [0.2, 0.25) is 0 Å². The minimum Gasteiger partial charge on any atom is -0.488 e. The number of fused-ring (bicyclic) bond motifs is 1. The van der Waals surface area contributed by atoms with Crippen LogP contribution in [0.1, 0.15) is 25.8 Å². The monoisotopic (exact) mass is 331 g/mol. The van der Waals surface area contributed by atoms with Gasteiger partial charge in [-0.2, -0.15) is 0 Å². The summed E-state index contributed by atoms with van der Waals surface area (Å²) >= 11 is 1.58. The van der Waals surface area contributed by atoms with Crippen LogP contribution >= 0.6 is 11.3 Å². The Morgan fingerprint density at radius 1 is 1.35 bits per heavy atom. The summed E-state index contributed by atoms with van der Waals surface area (Å²) < 4.78 is 19.4. The highest BCUT2D eigenvalue weighted by molar-refractivity contribution is 7.17. The highest BCUT2D eigenvalue weighted by atomic mass is 32.1. The van der Waals surface area contributed by atoms with E-state index >= 15 is 0 Å². The molecule has 1 aromatic carbocycles. The van der Waals surface area contributed by atoms with Crippen molar-refractivity contribution < 1.29 is 9.13 Å². The van der Waals surface area contributed by atoms with E-state index in [1.54, 1.807) is 17.4 Å². The van der Waals surface area contributed by atoms with E-state index in [-0.39, 0.29) is 11.9 Å². The van der Waals surface area contributed by atoms with Crippen LogP contribution in [-0.2, 0) is 0 Å². The number of hydrogen-bond acceptors (Lipinski definition) is 5. The maximum Gasteiger partial charge on any atom is 0.146 e. The van der Waals surface area contributed by atoms with Crippen LogP contribution in [0.5, 0.6) is 5.75 Å². The Bertz CT molecular complexity index is 834. The molecule has 2 heterocycles. The van der Waals surface area contributed by atoms with E-state index in [1.165, 1.54) is 18.5 Å². The highest BCUT2D eigenvalue weighted by Crippen LogP contribution is 2.34. The predicted octanol–water partition coefficient (Wildman–Crippen LogP) is 5.06. The molecule has 0 radical (unpaired) electrons. The molecule has 1 atom stereocenters. The molecule has 3 rings (SSSR count). The number of hydrogen-bond donors (Lipinski definition) is 1. The van der Waals surface area contributed by atoms with E-state index in [2.05, 4.69) is 15.3 Å². The van der Waals surface area contributed by atoms with Crippen molar-refractivity contribution in [3.63, 3.8) is 0 Å². The van der Waals surface area contributed by atoms with Crippen LogP contribution in [0.3, 0.4) is 0 Å². The van der Waals surface area contributed by atoms with Crippen molar-refractivity contribution in [2.45, 2.75) is 33.3 Å². The largest absolute Gasteiger partial charge is 0.488 e. The molecule has 0 fully saturated rings. The average Bonchev–Trinajstić information content (AvgIpc) is 2.92. The van der Waals surface area contributed by atoms with Crippen molar-refractivity contribution in [3.8, 4) is 5.75 Å². The number of anilines is 2. The molecule has 0 saturated carbocycles. The van der Waals surface area contributed by atoms with Crippen molar-refractivity contribution in [2.75, 3.05) is 5.32 Å².